The van der Waals surface area contributed by atoms with Gasteiger partial charge in [0.05, 0.1) is 0 Å². The maximum atomic E-state index is 12.7. The molecule has 1 aliphatic rings. The molecule has 22 heavy (non-hydrogen) atoms. The van der Waals surface area contributed by atoms with Gasteiger partial charge in [0, 0.05) is 26.0 Å². The molecule has 1 aliphatic carbocycles. The van der Waals surface area contributed by atoms with Crippen molar-refractivity contribution in [2.45, 2.75) is 25.4 Å². The molecule has 0 N–H and O–H groups in total. The second kappa shape index (κ2) is 5.78. The fourth-order valence-electron chi connectivity index (χ4n) is 2.09. The van der Waals surface area contributed by atoms with Crippen molar-refractivity contribution in [1.82, 2.24) is 4.57 Å². The standard InChI is InChI=1S/C14H12F3NO4/c1-18-11(14(15,16)17)6-5-10(12(18)20)13(21)22-9-4-2-3-8(19)7-9/h5-7H,2-4H2,1H3. The number of esters is 1. The van der Waals surface area contributed by atoms with Gasteiger partial charge in [-0.1, -0.05) is 0 Å². The van der Waals surface area contributed by atoms with Crippen LogP contribution in [0.1, 0.15) is 35.3 Å². The number of allylic oxidation sites excluding steroid dienone is 2. The summed E-state index contributed by atoms with van der Waals surface area (Å²) < 4.78 is 43.2. The maximum absolute atomic E-state index is 12.7. The number of alkyl halides is 3. The zero-order valence-corrected chi connectivity index (χ0v) is 11.6. The van der Waals surface area contributed by atoms with Crippen LogP contribution in [0.4, 0.5) is 13.2 Å². The largest absolute Gasteiger partial charge is 0.431 e. The Hall–Kier alpha value is -2.38. The molecule has 0 amide bonds. The van der Waals surface area contributed by atoms with Crippen molar-refractivity contribution >= 4 is 11.8 Å². The van der Waals surface area contributed by atoms with E-state index >= 15 is 0 Å². The van der Waals surface area contributed by atoms with E-state index in [1.54, 1.807) is 0 Å². The molecule has 0 unspecified atom stereocenters. The topological polar surface area (TPSA) is 65.4 Å². The molecule has 0 saturated heterocycles. The molecule has 2 rings (SSSR count). The Bertz CT molecular complexity index is 716. The number of hydrogen-bond donors (Lipinski definition) is 0. The summed E-state index contributed by atoms with van der Waals surface area (Å²) in [7, 11) is 0.922. The Morgan fingerprint density at radius 3 is 2.50 bits per heavy atom. The Morgan fingerprint density at radius 1 is 1.23 bits per heavy atom. The average molecular weight is 315 g/mol. The Balaban J connectivity index is 2.30. The fraction of sp³-hybridized carbons (Fsp3) is 0.357. The Morgan fingerprint density at radius 2 is 1.91 bits per heavy atom. The van der Waals surface area contributed by atoms with Crippen LogP contribution in [0.5, 0.6) is 0 Å². The molecule has 5 nitrogen and oxygen atoms in total. The third-order valence-electron chi connectivity index (χ3n) is 3.21. The van der Waals surface area contributed by atoms with Crippen LogP contribution in [-0.2, 0) is 22.8 Å². The predicted octanol–water partition coefficient (Wildman–Crippen LogP) is 2.20. The van der Waals surface area contributed by atoms with Crippen LogP contribution in [0.3, 0.4) is 0 Å². The summed E-state index contributed by atoms with van der Waals surface area (Å²) in [5, 5.41) is 0. The van der Waals surface area contributed by atoms with Gasteiger partial charge in [-0.15, -0.1) is 0 Å². The average Bonchev–Trinajstić information content (AvgIpc) is 2.40. The molecule has 0 aromatic carbocycles. The lowest BCUT2D eigenvalue weighted by Gasteiger charge is -2.14. The molecule has 0 saturated carbocycles. The predicted molar refractivity (Wildman–Crippen MR) is 69.0 cm³/mol. The van der Waals surface area contributed by atoms with Crippen LogP contribution < -0.4 is 5.56 Å². The molecular formula is C14H12F3NO4. The van der Waals surface area contributed by atoms with E-state index in [-0.39, 0.29) is 11.5 Å². The summed E-state index contributed by atoms with van der Waals surface area (Å²) in [4.78, 5) is 35.0. The molecule has 0 fully saturated rings. The second-order valence-corrected chi connectivity index (χ2v) is 4.81. The minimum Gasteiger partial charge on any atom is -0.427 e. The first-order chi connectivity index (χ1) is 10.2. The number of nitrogens with zero attached hydrogens (tertiary/aromatic N) is 1. The third kappa shape index (κ3) is 3.26. The van der Waals surface area contributed by atoms with E-state index in [9.17, 15) is 27.6 Å². The lowest BCUT2D eigenvalue weighted by atomic mass is 10.1. The molecule has 0 atom stereocenters. The third-order valence-corrected chi connectivity index (χ3v) is 3.21. The molecule has 118 valence electrons. The second-order valence-electron chi connectivity index (χ2n) is 4.81. The lowest BCUT2D eigenvalue weighted by molar-refractivity contribution is -0.143. The normalized spacial score (nSPS) is 15.5. The van der Waals surface area contributed by atoms with Crippen molar-refractivity contribution in [3.05, 3.63) is 45.6 Å². The van der Waals surface area contributed by atoms with Crippen LogP contribution in [0.15, 0.2) is 28.8 Å². The van der Waals surface area contributed by atoms with E-state index in [1.807, 2.05) is 0 Å². The van der Waals surface area contributed by atoms with Crippen LogP contribution in [0.25, 0.3) is 0 Å². The van der Waals surface area contributed by atoms with Gasteiger partial charge in [-0.05, 0) is 18.6 Å². The summed E-state index contributed by atoms with van der Waals surface area (Å²) in [6.45, 7) is 0. The molecular weight excluding hydrogens is 303 g/mol. The van der Waals surface area contributed by atoms with E-state index in [2.05, 4.69) is 0 Å². The van der Waals surface area contributed by atoms with Crippen LogP contribution in [-0.4, -0.2) is 16.3 Å². The summed E-state index contributed by atoms with van der Waals surface area (Å²) in [5.41, 5.74) is -2.79. The van der Waals surface area contributed by atoms with Crippen molar-refractivity contribution < 1.29 is 27.5 Å². The van der Waals surface area contributed by atoms with Gasteiger partial charge in [-0.2, -0.15) is 13.2 Å². The minimum absolute atomic E-state index is 0.114. The van der Waals surface area contributed by atoms with Gasteiger partial charge < -0.3 is 9.30 Å². The van der Waals surface area contributed by atoms with Crippen molar-refractivity contribution in [3.63, 3.8) is 0 Å². The van der Waals surface area contributed by atoms with Gasteiger partial charge in [0.15, 0.2) is 5.78 Å². The quantitative estimate of drug-likeness (QED) is 0.785. The lowest BCUT2D eigenvalue weighted by Crippen LogP contribution is -2.30. The number of carbonyl (C=O) groups is 2. The van der Waals surface area contributed by atoms with Gasteiger partial charge >= 0.3 is 12.1 Å². The van der Waals surface area contributed by atoms with Crippen LogP contribution in [0.2, 0.25) is 0 Å². The first-order valence-corrected chi connectivity index (χ1v) is 6.43. The van der Waals surface area contributed by atoms with Gasteiger partial charge in [-0.3, -0.25) is 9.59 Å². The molecule has 0 bridgehead atoms. The van der Waals surface area contributed by atoms with Crippen LogP contribution in [0, 0.1) is 0 Å². The van der Waals surface area contributed by atoms with Crippen molar-refractivity contribution in [2.24, 2.45) is 7.05 Å². The number of aromatic nitrogens is 1. The van der Waals surface area contributed by atoms with Gasteiger partial charge in [0.2, 0.25) is 0 Å². The molecule has 0 aliphatic heterocycles. The van der Waals surface area contributed by atoms with E-state index in [0.29, 0.717) is 29.9 Å². The first kappa shape index (κ1) is 16.0. The van der Waals surface area contributed by atoms with E-state index in [1.165, 1.54) is 0 Å². The molecule has 8 heteroatoms. The number of carbonyl (C=O) groups excluding carboxylic acids is 2. The van der Waals surface area contributed by atoms with Crippen molar-refractivity contribution in [1.29, 1.82) is 0 Å². The van der Waals surface area contributed by atoms with Gasteiger partial charge in [0.25, 0.3) is 5.56 Å². The fourth-order valence-corrected chi connectivity index (χ4v) is 2.09. The zero-order valence-electron chi connectivity index (χ0n) is 11.6. The molecule has 1 aromatic rings. The highest BCUT2D eigenvalue weighted by molar-refractivity contribution is 5.93. The summed E-state index contributed by atoms with van der Waals surface area (Å²) in [6, 6.07) is 1.41. The number of hydrogen-bond acceptors (Lipinski definition) is 4. The zero-order chi connectivity index (χ0) is 16.5. The first-order valence-electron chi connectivity index (χ1n) is 6.43. The van der Waals surface area contributed by atoms with Gasteiger partial charge in [0.1, 0.15) is 17.0 Å². The number of pyridine rings is 1. The van der Waals surface area contributed by atoms with Crippen molar-refractivity contribution in [2.75, 3.05) is 0 Å². The highest BCUT2D eigenvalue weighted by atomic mass is 19.4. The molecule has 0 radical (unpaired) electrons. The number of ketones is 1. The maximum Gasteiger partial charge on any atom is 0.431 e. The van der Waals surface area contributed by atoms with E-state index < -0.39 is 29.0 Å². The number of rotatable bonds is 2. The highest BCUT2D eigenvalue weighted by Gasteiger charge is 2.34. The minimum atomic E-state index is -4.70. The smallest absolute Gasteiger partial charge is 0.427 e. The van der Waals surface area contributed by atoms with Crippen LogP contribution >= 0.6 is 0 Å². The van der Waals surface area contributed by atoms with E-state index in [4.69, 9.17) is 4.74 Å². The Kier molecular flexibility index (Phi) is 4.20. The van der Waals surface area contributed by atoms with Gasteiger partial charge in [-0.25, -0.2) is 4.79 Å². The summed E-state index contributed by atoms with van der Waals surface area (Å²) >= 11 is 0. The summed E-state index contributed by atoms with van der Waals surface area (Å²) in [5.74, 6) is -1.16. The number of halogens is 3. The molecule has 0 spiro atoms. The Labute approximate surface area is 123 Å². The van der Waals surface area contributed by atoms with Crippen molar-refractivity contribution in [3.8, 4) is 0 Å². The molecule has 1 heterocycles. The van der Waals surface area contributed by atoms with E-state index in [0.717, 1.165) is 19.2 Å². The SMILES string of the molecule is Cn1c(C(F)(F)F)ccc(C(=O)OC2=CC(=O)CCC2)c1=O. The number of ether oxygens (including phenoxy) is 1. The molecule has 1 aromatic heterocycles. The summed E-state index contributed by atoms with van der Waals surface area (Å²) in [6.07, 6.45) is -2.31. The monoisotopic (exact) mass is 315 g/mol. The highest BCUT2D eigenvalue weighted by Crippen LogP contribution is 2.28.